The van der Waals surface area contributed by atoms with E-state index < -0.39 is 12.2 Å². The van der Waals surface area contributed by atoms with E-state index in [0.717, 1.165) is 12.8 Å². The van der Waals surface area contributed by atoms with Crippen molar-refractivity contribution < 1.29 is 25.2 Å². The molecule has 1 heterocycles. The normalized spacial score (nSPS) is 25.7. The summed E-state index contributed by atoms with van der Waals surface area (Å²) >= 11 is 0. The van der Waals surface area contributed by atoms with Gasteiger partial charge in [-0.05, 0) is 40.5 Å². The lowest BCUT2D eigenvalue weighted by Gasteiger charge is -2.55. The van der Waals surface area contributed by atoms with E-state index in [-0.39, 0.29) is 37.0 Å². The molecule has 0 aromatic heterocycles. The molecule has 1 aliphatic rings. The topological polar surface area (TPSA) is 93.4 Å². The summed E-state index contributed by atoms with van der Waals surface area (Å²) < 4.78 is 5.74. The molecule has 0 aliphatic carbocycles. The van der Waals surface area contributed by atoms with Gasteiger partial charge >= 0.3 is 0 Å². The third-order valence-corrected chi connectivity index (χ3v) is 4.25. The van der Waals surface area contributed by atoms with Gasteiger partial charge in [0, 0.05) is 17.6 Å². The Labute approximate surface area is 127 Å². The Hall–Kier alpha value is -0.240. The van der Waals surface area contributed by atoms with Gasteiger partial charge in [-0.15, -0.1) is 0 Å². The lowest BCUT2D eigenvalue weighted by atomic mass is 9.78. The number of nitrogens with zero attached hydrogens (tertiary/aromatic N) is 1. The Morgan fingerprint density at radius 2 is 1.48 bits per heavy atom. The van der Waals surface area contributed by atoms with Crippen LogP contribution in [-0.4, -0.2) is 81.1 Å². The van der Waals surface area contributed by atoms with Gasteiger partial charge in [0.15, 0.2) is 0 Å². The van der Waals surface area contributed by atoms with E-state index in [1.165, 1.54) is 0 Å². The van der Waals surface area contributed by atoms with Crippen molar-refractivity contribution in [2.45, 2.75) is 69.9 Å². The van der Waals surface area contributed by atoms with Crippen LogP contribution in [0.5, 0.6) is 0 Å². The number of likely N-dealkylation sites (tertiary alicyclic amines) is 1. The third kappa shape index (κ3) is 5.16. The SMILES string of the molecule is CC1(C)CC(OCC(O)CO)CC(C)(C)N1CC(O)CO. The fourth-order valence-electron chi connectivity index (χ4n) is 3.41. The highest BCUT2D eigenvalue weighted by atomic mass is 16.5. The van der Waals surface area contributed by atoms with Crippen molar-refractivity contribution >= 4 is 0 Å². The first-order chi connectivity index (χ1) is 9.62. The molecule has 1 aliphatic heterocycles. The van der Waals surface area contributed by atoms with Crippen LogP contribution in [0.25, 0.3) is 0 Å². The first kappa shape index (κ1) is 18.8. The van der Waals surface area contributed by atoms with Crippen molar-refractivity contribution in [3.8, 4) is 0 Å². The van der Waals surface area contributed by atoms with Gasteiger partial charge in [0.25, 0.3) is 0 Å². The molecule has 1 rings (SSSR count). The highest BCUT2D eigenvalue weighted by Gasteiger charge is 2.46. The molecule has 0 aromatic carbocycles. The summed E-state index contributed by atoms with van der Waals surface area (Å²) in [7, 11) is 0. The average Bonchev–Trinajstić information content (AvgIpc) is 2.38. The zero-order valence-electron chi connectivity index (χ0n) is 13.6. The molecular weight excluding hydrogens is 274 g/mol. The van der Waals surface area contributed by atoms with Gasteiger partial charge in [-0.3, -0.25) is 4.90 Å². The maximum Gasteiger partial charge on any atom is 0.100 e. The van der Waals surface area contributed by atoms with Crippen LogP contribution in [0.15, 0.2) is 0 Å². The van der Waals surface area contributed by atoms with Crippen molar-refractivity contribution in [2.75, 3.05) is 26.4 Å². The molecule has 6 heteroatoms. The standard InChI is InChI=1S/C15H31NO5/c1-14(2)5-13(21-10-12(20)9-18)6-15(3,4)16(14)7-11(19)8-17/h11-13,17-20H,5-10H2,1-4H3. The van der Waals surface area contributed by atoms with Crippen LogP contribution >= 0.6 is 0 Å². The van der Waals surface area contributed by atoms with E-state index in [0.29, 0.717) is 6.54 Å². The molecular formula is C15H31NO5. The summed E-state index contributed by atoms with van der Waals surface area (Å²) in [5, 5.41) is 37.1. The largest absolute Gasteiger partial charge is 0.394 e. The number of aliphatic hydroxyl groups is 4. The molecule has 1 saturated heterocycles. The second-order valence-corrected chi connectivity index (χ2v) is 7.27. The van der Waals surface area contributed by atoms with Crippen LogP contribution in [0.3, 0.4) is 0 Å². The smallest absolute Gasteiger partial charge is 0.100 e. The van der Waals surface area contributed by atoms with E-state index in [4.69, 9.17) is 14.9 Å². The fourth-order valence-corrected chi connectivity index (χ4v) is 3.41. The van der Waals surface area contributed by atoms with E-state index >= 15 is 0 Å². The summed E-state index contributed by atoms with van der Waals surface area (Å²) in [6.07, 6.45) is -0.0548. The fraction of sp³-hybridized carbons (Fsp3) is 1.00. The molecule has 0 radical (unpaired) electrons. The summed E-state index contributed by atoms with van der Waals surface area (Å²) in [5.41, 5.74) is -0.376. The second kappa shape index (κ2) is 7.35. The highest BCUT2D eigenvalue weighted by Crippen LogP contribution is 2.39. The van der Waals surface area contributed by atoms with E-state index in [9.17, 15) is 10.2 Å². The Kier molecular flexibility index (Phi) is 6.58. The van der Waals surface area contributed by atoms with Crippen molar-refractivity contribution in [1.29, 1.82) is 0 Å². The van der Waals surface area contributed by atoms with Crippen LogP contribution in [0, 0.1) is 0 Å². The summed E-state index contributed by atoms with van der Waals surface area (Å²) in [6.45, 7) is 8.38. The number of hydrogen-bond acceptors (Lipinski definition) is 6. The first-order valence-electron chi connectivity index (χ1n) is 7.59. The van der Waals surface area contributed by atoms with Crippen LogP contribution in [0.4, 0.5) is 0 Å². The number of β-amino-alcohol motifs (C(OH)–C–C–N with tert-alkyl or cyclic N) is 1. The molecule has 0 saturated carbocycles. The molecule has 2 unspecified atom stereocenters. The van der Waals surface area contributed by atoms with Crippen molar-refractivity contribution in [1.82, 2.24) is 4.90 Å². The molecule has 21 heavy (non-hydrogen) atoms. The van der Waals surface area contributed by atoms with Gasteiger partial charge < -0.3 is 25.2 Å². The maximum atomic E-state index is 9.76. The Morgan fingerprint density at radius 1 is 1.00 bits per heavy atom. The summed E-state index contributed by atoms with van der Waals surface area (Å²) in [4.78, 5) is 2.21. The number of piperidine rings is 1. The minimum Gasteiger partial charge on any atom is -0.394 e. The molecule has 4 N–H and O–H groups in total. The quantitative estimate of drug-likeness (QED) is 0.517. The minimum absolute atomic E-state index is 0.00119. The van der Waals surface area contributed by atoms with E-state index in [2.05, 4.69) is 32.6 Å². The van der Waals surface area contributed by atoms with Gasteiger partial charge in [0.05, 0.1) is 32.0 Å². The second-order valence-electron chi connectivity index (χ2n) is 7.27. The van der Waals surface area contributed by atoms with Gasteiger partial charge in [-0.2, -0.15) is 0 Å². The summed E-state index contributed by atoms with van der Waals surface area (Å²) in [6, 6.07) is 0. The molecule has 0 bridgehead atoms. The lowest BCUT2D eigenvalue weighted by molar-refractivity contribution is -0.130. The van der Waals surface area contributed by atoms with Gasteiger partial charge in [0.1, 0.15) is 6.10 Å². The summed E-state index contributed by atoms with van der Waals surface area (Å²) in [5.74, 6) is 0. The first-order valence-corrected chi connectivity index (χ1v) is 7.59. The van der Waals surface area contributed by atoms with Crippen LogP contribution in [0.2, 0.25) is 0 Å². The number of ether oxygens (including phenoxy) is 1. The number of hydrogen-bond donors (Lipinski definition) is 4. The van der Waals surface area contributed by atoms with E-state index in [1.807, 2.05) is 0 Å². The van der Waals surface area contributed by atoms with Gasteiger partial charge in [-0.25, -0.2) is 0 Å². The van der Waals surface area contributed by atoms with Crippen molar-refractivity contribution in [2.24, 2.45) is 0 Å². The zero-order valence-corrected chi connectivity index (χ0v) is 13.6. The van der Waals surface area contributed by atoms with Crippen LogP contribution in [0.1, 0.15) is 40.5 Å². The minimum atomic E-state index is -0.842. The molecule has 2 atom stereocenters. The zero-order chi connectivity index (χ0) is 16.3. The van der Waals surface area contributed by atoms with Gasteiger partial charge in [0.2, 0.25) is 0 Å². The molecule has 1 fully saturated rings. The Balaban J connectivity index is 2.72. The average molecular weight is 305 g/mol. The molecule has 126 valence electrons. The molecule has 6 nitrogen and oxygen atoms in total. The highest BCUT2D eigenvalue weighted by molar-refractivity contribution is 5.01. The van der Waals surface area contributed by atoms with Crippen molar-refractivity contribution in [3.05, 3.63) is 0 Å². The Morgan fingerprint density at radius 3 is 1.90 bits per heavy atom. The predicted molar refractivity (Wildman–Crippen MR) is 80.0 cm³/mol. The van der Waals surface area contributed by atoms with Crippen molar-refractivity contribution in [3.63, 3.8) is 0 Å². The molecule has 0 aromatic rings. The van der Waals surface area contributed by atoms with E-state index in [1.54, 1.807) is 0 Å². The molecule has 0 spiro atoms. The maximum absolute atomic E-state index is 9.76. The van der Waals surface area contributed by atoms with Gasteiger partial charge in [-0.1, -0.05) is 0 Å². The third-order valence-electron chi connectivity index (χ3n) is 4.25. The Bertz CT molecular complexity index is 303. The monoisotopic (exact) mass is 305 g/mol. The van der Waals surface area contributed by atoms with Crippen LogP contribution in [-0.2, 0) is 4.74 Å². The predicted octanol–water partition coefficient (Wildman–Crippen LogP) is -0.269. The number of rotatable bonds is 7. The molecule has 0 amide bonds. The number of aliphatic hydroxyl groups excluding tert-OH is 4. The van der Waals surface area contributed by atoms with Crippen LogP contribution < -0.4 is 0 Å². The lowest BCUT2D eigenvalue weighted by Crippen LogP contribution is -2.64.